The Morgan fingerprint density at radius 2 is 1.96 bits per heavy atom. The van der Waals surface area contributed by atoms with Crippen molar-refractivity contribution >= 4 is 22.4 Å². The summed E-state index contributed by atoms with van der Waals surface area (Å²) in [6.45, 7) is 3.41. The van der Waals surface area contributed by atoms with Gasteiger partial charge in [0.25, 0.3) is 5.91 Å². The van der Waals surface area contributed by atoms with Gasteiger partial charge in [-0.2, -0.15) is 0 Å². The second-order valence-corrected chi connectivity index (χ2v) is 6.96. The van der Waals surface area contributed by atoms with E-state index in [0.717, 1.165) is 6.42 Å². The minimum absolute atomic E-state index is 0.00975. The number of fused-ring (bicyclic) bond motifs is 1. The number of methoxy groups -OCH3 is 1. The van der Waals surface area contributed by atoms with Crippen LogP contribution >= 0.6 is 0 Å². The average Bonchev–Trinajstić information content (AvgIpc) is 3.18. The lowest BCUT2D eigenvalue weighted by Gasteiger charge is -2.26. The lowest BCUT2D eigenvalue weighted by molar-refractivity contribution is -0.132. The summed E-state index contributed by atoms with van der Waals surface area (Å²) >= 11 is 0. The van der Waals surface area contributed by atoms with Crippen molar-refractivity contribution in [3.8, 4) is 11.5 Å². The molecule has 28 heavy (non-hydrogen) atoms. The van der Waals surface area contributed by atoms with Gasteiger partial charge in [-0.3, -0.25) is 4.79 Å². The van der Waals surface area contributed by atoms with E-state index in [0.29, 0.717) is 24.6 Å². The number of hydrogen-bond acceptors (Lipinski definition) is 3. The highest BCUT2D eigenvalue weighted by atomic mass is 16.5. The fourth-order valence-corrected chi connectivity index (χ4v) is 3.68. The summed E-state index contributed by atoms with van der Waals surface area (Å²) in [5.41, 5.74) is 4.94. The van der Waals surface area contributed by atoms with Crippen molar-refractivity contribution in [2.24, 2.45) is 0 Å². The van der Waals surface area contributed by atoms with Gasteiger partial charge in [-0.25, -0.2) is 0 Å². The minimum atomic E-state index is -0.0176. The summed E-state index contributed by atoms with van der Waals surface area (Å²) in [4.78, 5) is 17.8. The Morgan fingerprint density at radius 1 is 1.14 bits per heavy atom. The molecule has 0 unspecified atom stereocenters. The third-order valence-corrected chi connectivity index (χ3v) is 5.25. The van der Waals surface area contributed by atoms with Gasteiger partial charge in [0.15, 0.2) is 18.1 Å². The molecule has 0 aliphatic carbocycles. The molecular formula is C23H24N2O3. The van der Waals surface area contributed by atoms with Crippen molar-refractivity contribution in [1.29, 1.82) is 0 Å². The Labute approximate surface area is 164 Å². The lowest BCUT2D eigenvalue weighted by atomic mass is 9.98. The number of aromatic amines is 1. The summed E-state index contributed by atoms with van der Waals surface area (Å²) in [6.07, 6.45) is 5.06. The summed E-state index contributed by atoms with van der Waals surface area (Å²) in [5, 5.41) is 1.24. The molecular weight excluding hydrogens is 352 g/mol. The zero-order valence-electron chi connectivity index (χ0n) is 16.2. The highest BCUT2D eigenvalue weighted by Gasteiger charge is 2.20. The number of amides is 1. The molecule has 5 nitrogen and oxygen atoms in total. The molecule has 0 saturated heterocycles. The molecule has 1 aliphatic heterocycles. The SMILES string of the molecule is COc1ccccc1OCC(=O)N1CC=C(c2c[nH]c3c(C)cccc23)CC1. The van der Waals surface area contributed by atoms with Crippen LogP contribution < -0.4 is 9.47 Å². The van der Waals surface area contributed by atoms with Crippen molar-refractivity contribution in [3.63, 3.8) is 0 Å². The smallest absolute Gasteiger partial charge is 0.260 e. The van der Waals surface area contributed by atoms with Crippen LogP contribution in [-0.2, 0) is 4.79 Å². The molecule has 0 saturated carbocycles. The predicted octanol–water partition coefficient (Wildman–Crippen LogP) is 4.18. The molecule has 1 N–H and O–H groups in total. The van der Waals surface area contributed by atoms with Gasteiger partial charge in [0, 0.05) is 35.8 Å². The lowest BCUT2D eigenvalue weighted by Crippen LogP contribution is -2.37. The van der Waals surface area contributed by atoms with Crippen LogP contribution in [0.3, 0.4) is 0 Å². The van der Waals surface area contributed by atoms with Gasteiger partial charge < -0.3 is 19.4 Å². The van der Waals surface area contributed by atoms with Gasteiger partial charge >= 0.3 is 0 Å². The molecule has 0 bridgehead atoms. The number of carbonyl (C=O) groups excluding carboxylic acids is 1. The molecule has 3 aromatic rings. The van der Waals surface area contributed by atoms with E-state index in [1.54, 1.807) is 13.2 Å². The second kappa shape index (κ2) is 7.80. The van der Waals surface area contributed by atoms with E-state index in [1.165, 1.54) is 27.6 Å². The molecule has 2 aromatic carbocycles. The summed E-state index contributed by atoms with van der Waals surface area (Å²) in [6, 6.07) is 13.7. The Balaban J connectivity index is 1.42. The molecule has 0 atom stereocenters. The Kier molecular flexibility index (Phi) is 5.06. The van der Waals surface area contributed by atoms with Gasteiger partial charge in [-0.15, -0.1) is 0 Å². The van der Waals surface area contributed by atoms with Crippen LogP contribution in [0.2, 0.25) is 0 Å². The number of nitrogens with zero attached hydrogens (tertiary/aromatic N) is 1. The van der Waals surface area contributed by atoms with E-state index in [4.69, 9.17) is 9.47 Å². The van der Waals surface area contributed by atoms with Crippen LogP contribution in [0.5, 0.6) is 11.5 Å². The first kappa shape index (κ1) is 18.2. The number of para-hydroxylation sites is 3. The zero-order chi connectivity index (χ0) is 19.5. The van der Waals surface area contributed by atoms with E-state index in [9.17, 15) is 4.79 Å². The molecule has 2 heterocycles. The maximum Gasteiger partial charge on any atom is 0.260 e. The summed E-state index contributed by atoms with van der Waals surface area (Å²) in [5.74, 6) is 1.20. The van der Waals surface area contributed by atoms with Crippen molar-refractivity contribution in [2.45, 2.75) is 13.3 Å². The number of rotatable bonds is 5. The normalized spacial score (nSPS) is 14.1. The zero-order valence-corrected chi connectivity index (χ0v) is 16.2. The van der Waals surface area contributed by atoms with E-state index in [-0.39, 0.29) is 12.5 Å². The largest absolute Gasteiger partial charge is 0.493 e. The van der Waals surface area contributed by atoms with E-state index < -0.39 is 0 Å². The van der Waals surface area contributed by atoms with Crippen LogP contribution in [0.25, 0.3) is 16.5 Å². The highest BCUT2D eigenvalue weighted by Crippen LogP contribution is 2.31. The third kappa shape index (κ3) is 3.48. The van der Waals surface area contributed by atoms with Crippen LogP contribution in [-0.4, -0.2) is 42.6 Å². The quantitative estimate of drug-likeness (QED) is 0.727. The van der Waals surface area contributed by atoms with Crippen LogP contribution in [0.4, 0.5) is 0 Å². The van der Waals surface area contributed by atoms with Gasteiger partial charge in [0.1, 0.15) is 0 Å². The minimum Gasteiger partial charge on any atom is -0.493 e. The van der Waals surface area contributed by atoms with Crippen molar-refractivity contribution in [3.05, 3.63) is 65.9 Å². The average molecular weight is 376 g/mol. The fourth-order valence-electron chi connectivity index (χ4n) is 3.68. The first-order chi connectivity index (χ1) is 13.7. The molecule has 1 amide bonds. The summed E-state index contributed by atoms with van der Waals surface area (Å²) < 4.78 is 10.9. The van der Waals surface area contributed by atoms with Crippen molar-refractivity contribution < 1.29 is 14.3 Å². The molecule has 4 rings (SSSR count). The molecule has 5 heteroatoms. The van der Waals surface area contributed by atoms with Crippen LogP contribution in [0.1, 0.15) is 17.5 Å². The van der Waals surface area contributed by atoms with Crippen LogP contribution in [0.15, 0.2) is 54.7 Å². The topological polar surface area (TPSA) is 54.6 Å². The summed E-state index contributed by atoms with van der Waals surface area (Å²) in [7, 11) is 1.59. The molecule has 0 fully saturated rings. The van der Waals surface area contributed by atoms with Gasteiger partial charge in [-0.1, -0.05) is 36.4 Å². The third-order valence-electron chi connectivity index (χ3n) is 5.25. The Morgan fingerprint density at radius 3 is 2.71 bits per heavy atom. The fraction of sp³-hybridized carbons (Fsp3) is 0.261. The number of H-pyrrole nitrogens is 1. The standard InChI is InChI=1S/C23H24N2O3/c1-16-6-5-7-18-19(14-24-23(16)18)17-10-12-25(13-11-17)22(26)15-28-21-9-4-3-8-20(21)27-2/h3-10,14,24H,11-13,15H2,1-2H3. The molecule has 144 valence electrons. The number of carbonyl (C=O) groups is 1. The van der Waals surface area contributed by atoms with E-state index in [1.807, 2.05) is 23.1 Å². The number of ether oxygens (including phenoxy) is 2. The molecule has 1 aliphatic rings. The van der Waals surface area contributed by atoms with Gasteiger partial charge in [0.2, 0.25) is 0 Å². The van der Waals surface area contributed by atoms with Crippen molar-refractivity contribution in [2.75, 3.05) is 26.8 Å². The number of benzene rings is 2. The monoisotopic (exact) mass is 376 g/mol. The maximum atomic E-state index is 12.5. The number of nitrogens with one attached hydrogen (secondary N) is 1. The molecule has 1 aromatic heterocycles. The number of hydrogen-bond donors (Lipinski definition) is 1. The first-order valence-corrected chi connectivity index (χ1v) is 9.47. The Hall–Kier alpha value is -3.21. The molecule has 0 spiro atoms. The Bertz CT molecular complexity index is 1040. The molecule has 0 radical (unpaired) electrons. The van der Waals surface area contributed by atoms with Crippen LogP contribution in [0, 0.1) is 6.92 Å². The maximum absolute atomic E-state index is 12.5. The second-order valence-electron chi connectivity index (χ2n) is 6.96. The predicted molar refractivity (Wildman–Crippen MR) is 111 cm³/mol. The van der Waals surface area contributed by atoms with E-state index >= 15 is 0 Å². The highest BCUT2D eigenvalue weighted by molar-refractivity contribution is 5.94. The van der Waals surface area contributed by atoms with E-state index in [2.05, 4.69) is 42.4 Å². The number of aromatic nitrogens is 1. The van der Waals surface area contributed by atoms with Gasteiger partial charge in [0.05, 0.1) is 7.11 Å². The van der Waals surface area contributed by atoms with Gasteiger partial charge in [-0.05, 0) is 36.6 Å². The van der Waals surface area contributed by atoms with Crippen molar-refractivity contribution in [1.82, 2.24) is 9.88 Å². The first-order valence-electron chi connectivity index (χ1n) is 9.47. The number of aryl methyl sites for hydroxylation is 1.